The third-order valence-electron chi connectivity index (χ3n) is 18.5. The first-order chi connectivity index (χ1) is 46.8. The van der Waals surface area contributed by atoms with Crippen LogP contribution in [0.3, 0.4) is 0 Å². The van der Waals surface area contributed by atoms with E-state index in [2.05, 4.69) is 48.5 Å². The maximum Gasteiger partial charge on any atom is 0.472 e. The first kappa shape index (κ1) is 95.1. The van der Waals surface area contributed by atoms with Gasteiger partial charge in [-0.1, -0.05) is 350 Å². The van der Waals surface area contributed by atoms with Crippen molar-refractivity contribution in [3.8, 4) is 0 Å². The molecule has 3 unspecified atom stereocenters. The van der Waals surface area contributed by atoms with Crippen molar-refractivity contribution in [3.05, 3.63) is 0 Å². The summed E-state index contributed by atoms with van der Waals surface area (Å²) in [7, 11) is -9.91. The summed E-state index contributed by atoms with van der Waals surface area (Å²) in [5, 5.41) is 10.6. The molecule has 0 aromatic heterocycles. The van der Waals surface area contributed by atoms with E-state index in [1.54, 1.807) is 0 Å². The Labute approximate surface area is 594 Å². The van der Waals surface area contributed by atoms with Crippen molar-refractivity contribution in [2.45, 2.75) is 420 Å². The third-order valence-corrected chi connectivity index (χ3v) is 20.4. The van der Waals surface area contributed by atoms with E-state index in [9.17, 15) is 43.2 Å². The number of rotatable bonds is 76. The minimum absolute atomic E-state index is 0.102. The smallest absolute Gasteiger partial charge is 0.462 e. The van der Waals surface area contributed by atoms with E-state index in [0.29, 0.717) is 31.6 Å². The Kier molecular flexibility index (Phi) is 67.1. The molecule has 0 amide bonds. The quantitative estimate of drug-likeness (QED) is 0.0222. The SMILES string of the molecule is CCCCCCCCCCCC(=O)OC[C@H](COP(=O)(O)OC[C@H](O)COP(=O)(O)OC[C@@H](COC(=O)CCCCCCCCCCCCCCCCC(C)C)OC(=O)CCCCCCCCCCCCCCCCCCCCC(C)CC)OC(=O)CCCCCCCCC(C)C. The molecule has 0 radical (unpaired) electrons. The zero-order valence-electron chi connectivity index (χ0n) is 63.5. The highest BCUT2D eigenvalue weighted by molar-refractivity contribution is 7.47. The molecule has 0 aromatic rings. The van der Waals surface area contributed by atoms with Gasteiger partial charge in [-0.05, 0) is 43.4 Å². The molecule has 576 valence electrons. The van der Waals surface area contributed by atoms with Crippen molar-refractivity contribution in [1.82, 2.24) is 0 Å². The van der Waals surface area contributed by atoms with E-state index in [1.807, 2.05) is 0 Å². The molecule has 0 saturated heterocycles. The Morgan fingerprint density at radius 3 is 0.784 bits per heavy atom. The number of hydrogen-bond donors (Lipinski definition) is 3. The third kappa shape index (κ3) is 70.9. The van der Waals surface area contributed by atoms with Gasteiger partial charge in [-0.25, -0.2) is 9.13 Å². The summed E-state index contributed by atoms with van der Waals surface area (Å²) in [4.78, 5) is 72.7. The second-order valence-electron chi connectivity index (χ2n) is 29.3. The molecule has 0 fully saturated rings. The van der Waals surface area contributed by atoms with Gasteiger partial charge >= 0.3 is 39.5 Å². The molecule has 19 heteroatoms. The highest BCUT2D eigenvalue weighted by Gasteiger charge is 2.30. The lowest BCUT2D eigenvalue weighted by molar-refractivity contribution is -0.161. The Morgan fingerprint density at radius 2 is 0.526 bits per heavy atom. The second-order valence-corrected chi connectivity index (χ2v) is 32.2. The van der Waals surface area contributed by atoms with E-state index in [-0.39, 0.29) is 25.7 Å². The van der Waals surface area contributed by atoms with E-state index >= 15 is 0 Å². The Hall–Kier alpha value is -1.94. The summed E-state index contributed by atoms with van der Waals surface area (Å²) < 4.78 is 68.5. The molecule has 97 heavy (non-hydrogen) atoms. The number of unbranched alkanes of at least 4 members (excludes halogenated alkanes) is 43. The zero-order valence-corrected chi connectivity index (χ0v) is 65.3. The van der Waals surface area contributed by atoms with E-state index in [4.69, 9.17) is 37.0 Å². The average Bonchev–Trinajstić information content (AvgIpc) is 0.997. The number of carbonyl (C=O) groups excluding carboxylic acids is 4. The van der Waals surface area contributed by atoms with Crippen LogP contribution >= 0.6 is 15.6 Å². The molecule has 0 rings (SSSR count). The van der Waals surface area contributed by atoms with Gasteiger partial charge in [0.2, 0.25) is 0 Å². The molecule has 6 atom stereocenters. The summed E-state index contributed by atoms with van der Waals surface area (Å²) in [5.74, 6) is 0.218. The molecular weight excluding hydrogens is 1270 g/mol. The van der Waals surface area contributed by atoms with Gasteiger partial charge in [0.05, 0.1) is 26.4 Å². The molecule has 0 heterocycles. The van der Waals surface area contributed by atoms with Crippen molar-refractivity contribution in [1.29, 1.82) is 0 Å². The Morgan fingerprint density at radius 1 is 0.299 bits per heavy atom. The van der Waals surface area contributed by atoms with E-state index in [0.717, 1.165) is 102 Å². The number of phosphoric acid groups is 2. The number of phosphoric ester groups is 2. The van der Waals surface area contributed by atoms with Crippen molar-refractivity contribution < 1.29 is 80.2 Å². The summed E-state index contributed by atoms with van der Waals surface area (Å²) in [6.45, 7) is 11.9. The minimum Gasteiger partial charge on any atom is -0.462 e. The Bertz CT molecular complexity index is 1890. The molecule has 0 saturated carbocycles. The van der Waals surface area contributed by atoms with E-state index < -0.39 is 97.5 Å². The first-order valence-electron chi connectivity index (χ1n) is 40.4. The van der Waals surface area contributed by atoms with Crippen LogP contribution in [0, 0.1) is 17.8 Å². The highest BCUT2D eigenvalue weighted by atomic mass is 31.2. The predicted octanol–water partition coefficient (Wildman–Crippen LogP) is 23.0. The average molecular weight is 1420 g/mol. The van der Waals surface area contributed by atoms with Gasteiger partial charge in [0.15, 0.2) is 12.2 Å². The standard InChI is InChI=1S/C78H152O17P2/c1-8-10-11-12-13-30-37-45-52-59-75(80)88-66-74(95-78(83)62-55-48-41-40-43-50-57-70(5)6)68-93-97(86,87)91-64-72(79)63-90-96(84,85)92-67-73(65-89-76(81)60-53-46-38-33-28-24-21-20-22-26-31-35-42-49-56-69(3)4)94-77(82)61-54-47-39-34-29-25-19-17-15-14-16-18-23-27-32-36-44-51-58-71(7)9-2/h69-74,79H,8-68H2,1-7H3,(H,84,85)(H,86,87)/t71?,72-,73-,74-/m1/s1. The van der Waals surface area contributed by atoms with Gasteiger partial charge in [0.1, 0.15) is 19.3 Å². The maximum absolute atomic E-state index is 13.1. The second kappa shape index (κ2) is 68.5. The number of esters is 4. The minimum atomic E-state index is -4.96. The van der Waals surface area contributed by atoms with Crippen molar-refractivity contribution in [3.63, 3.8) is 0 Å². The van der Waals surface area contributed by atoms with Crippen molar-refractivity contribution in [2.75, 3.05) is 39.6 Å². The van der Waals surface area contributed by atoms with Crippen LogP contribution in [-0.4, -0.2) is 96.7 Å². The van der Waals surface area contributed by atoms with Crippen LogP contribution in [0.1, 0.15) is 402 Å². The summed E-state index contributed by atoms with van der Waals surface area (Å²) in [6, 6.07) is 0. The predicted molar refractivity (Wildman–Crippen MR) is 395 cm³/mol. The topological polar surface area (TPSA) is 237 Å². The lowest BCUT2D eigenvalue weighted by atomic mass is 9.99. The summed E-state index contributed by atoms with van der Waals surface area (Å²) >= 11 is 0. The fraction of sp³-hybridized carbons (Fsp3) is 0.949. The largest absolute Gasteiger partial charge is 0.472 e. The van der Waals surface area contributed by atoms with Crippen molar-refractivity contribution >= 4 is 39.5 Å². The molecule has 0 aliphatic rings. The van der Waals surface area contributed by atoms with Crippen LogP contribution in [0.5, 0.6) is 0 Å². The van der Waals surface area contributed by atoms with Crippen LogP contribution in [0.4, 0.5) is 0 Å². The number of carbonyl (C=O) groups is 4. The zero-order chi connectivity index (χ0) is 71.6. The van der Waals surface area contributed by atoms with Gasteiger partial charge in [-0.2, -0.15) is 0 Å². The fourth-order valence-electron chi connectivity index (χ4n) is 11.9. The van der Waals surface area contributed by atoms with Gasteiger partial charge in [0, 0.05) is 25.7 Å². The highest BCUT2D eigenvalue weighted by Crippen LogP contribution is 2.45. The fourth-order valence-corrected chi connectivity index (χ4v) is 13.5. The molecular formula is C78H152O17P2. The van der Waals surface area contributed by atoms with Gasteiger partial charge in [-0.3, -0.25) is 37.3 Å². The normalized spacial score (nSPS) is 14.3. The lowest BCUT2D eigenvalue weighted by Crippen LogP contribution is -2.30. The molecule has 17 nitrogen and oxygen atoms in total. The first-order valence-corrected chi connectivity index (χ1v) is 43.4. The van der Waals surface area contributed by atoms with Gasteiger partial charge in [0.25, 0.3) is 0 Å². The number of aliphatic hydroxyl groups excluding tert-OH is 1. The number of aliphatic hydroxyl groups is 1. The van der Waals surface area contributed by atoms with Crippen molar-refractivity contribution in [2.24, 2.45) is 17.8 Å². The number of ether oxygens (including phenoxy) is 4. The summed E-state index contributed by atoms with van der Waals surface area (Å²) in [6.07, 6.45) is 55.8. The Balaban J connectivity index is 5.17. The molecule has 0 aliphatic carbocycles. The van der Waals surface area contributed by atoms with E-state index in [1.165, 1.54) is 212 Å². The molecule has 0 spiro atoms. The van der Waals surface area contributed by atoms with Crippen LogP contribution < -0.4 is 0 Å². The van der Waals surface area contributed by atoms with Crippen LogP contribution in [0.25, 0.3) is 0 Å². The maximum atomic E-state index is 13.1. The lowest BCUT2D eigenvalue weighted by Gasteiger charge is -2.21. The van der Waals surface area contributed by atoms with Crippen LogP contribution in [-0.2, 0) is 65.4 Å². The van der Waals surface area contributed by atoms with Gasteiger partial charge < -0.3 is 33.8 Å². The summed E-state index contributed by atoms with van der Waals surface area (Å²) in [5.41, 5.74) is 0. The number of hydrogen-bond acceptors (Lipinski definition) is 15. The molecule has 0 aromatic carbocycles. The molecule has 3 N–H and O–H groups in total. The van der Waals surface area contributed by atoms with Crippen LogP contribution in [0.2, 0.25) is 0 Å². The molecule has 0 aliphatic heterocycles. The monoisotopic (exact) mass is 1420 g/mol. The van der Waals surface area contributed by atoms with Gasteiger partial charge in [-0.15, -0.1) is 0 Å². The van der Waals surface area contributed by atoms with Crippen LogP contribution in [0.15, 0.2) is 0 Å². The molecule has 0 bridgehead atoms.